The molecule has 2 aliphatic rings. The van der Waals surface area contributed by atoms with Crippen LogP contribution in [0.4, 0.5) is 0 Å². The minimum atomic E-state index is -0.511. The van der Waals surface area contributed by atoms with Crippen molar-refractivity contribution in [1.29, 1.82) is 0 Å². The van der Waals surface area contributed by atoms with Gasteiger partial charge in [0.1, 0.15) is 0 Å². The molecule has 3 nitrogen and oxygen atoms in total. The van der Waals surface area contributed by atoms with Crippen LogP contribution in [0.3, 0.4) is 0 Å². The fraction of sp³-hybridized carbons (Fsp3) is 1.00. The Bertz CT molecular complexity index is 247. The van der Waals surface area contributed by atoms with Crippen molar-refractivity contribution in [3.63, 3.8) is 0 Å². The molecule has 1 aliphatic heterocycles. The molecule has 0 radical (unpaired) electrons. The van der Waals surface area contributed by atoms with Crippen LogP contribution in [-0.2, 0) is 4.74 Å². The van der Waals surface area contributed by atoms with E-state index in [1.54, 1.807) is 0 Å². The molecule has 3 atom stereocenters. The Balaban J connectivity index is 2.04. The smallest absolute Gasteiger partial charge is 0.0774 e. The summed E-state index contributed by atoms with van der Waals surface area (Å²) in [4.78, 5) is 2.44. The van der Waals surface area contributed by atoms with Crippen LogP contribution in [0.5, 0.6) is 0 Å². The van der Waals surface area contributed by atoms with E-state index in [1.165, 1.54) is 6.42 Å². The number of ether oxygens (including phenoxy) is 1. The van der Waals surface area contributed by atoms with Crippen LogP contribution in [-0.4, -0.2) is 48.0 Å². The maximum absolute atomic E-state index is 10.6. The van der Waals surface area contributed by atoms with Crippen LogP contribution in [0, 0.1) is 11.8 Å². The third-order valence-electron chi connectivity index (χ3n) is 4.69. The number of hydrogen-bond donors (Lipinski definition) is 1. The topological polar surface area (TPSA) is 32.7 Å². The van der Waals surface area contributed by atoms with Crippen molar-refractivity contribution in [2.24, 2.45) is 11.8 Å². The quantitative estimate of drug-likeness (QED) is 0.801. The third-order valence-corrected chi connectivity index (χ3v) is 4.69. The second-order valence-electron chi connectivity index (χ2n) is 6.30. The van der Waals surface area contributed by atoms with Gasteiger partial charge in [-0.2, -0.15) is 0 Å². The highest BCUT2D eigenvalue weighted by Gasteiger charge is 2.42. The van der Waals surface area contributed by atoms with E-state index in [0.29, 0.717) is 6.04 Å². The summed E-state index contributed by atoms with van der Waals surface area (Å²) in [7, 11) is 0. The molecule has 0 aromatic carbocycles. The zero-order chi connectivity index (χ0) is 12.5. The second kappa shape index (κ2) is 5.25. The van der Waals surface area contributed by atoms with E-state index in [2.05, 4.69) is 18.7 Å². The first-order valence-corrected chi connectivity index (χ1v) is 7.05. The van der Waals surface area contributed by atoms with Crippen molar-refractivity contribution >= 4 is 0 Å². The highest BCUT2D eigenvalue weighted by atomic mass is 16.5. The molecule has 2 rings (SSSR count). The molecule has 0 bridgehead atoms. The molecule has 1 saturated carbocycles. The van der Waals surface area contributed by atoms with Crippen molar-refractivity contribution in [2.45, 2.75) is 51.7 Å². The Morgan fingerprint density at radius 1 is 1.29 bits per heavy atom. The van der Waals surface area contributed by atoms with Crippen molar-refractivity contribution < 1.29 is 9.84 Å². The maximum Gasteiger partial charge on any atom is 0.0774 e. The van der Waals surface area contributed by atoms with E-state index in [-0.39, 0.29) is 0 Å². The standard InChI is InChI=1S/C14H27NO2/c1-11(2)12-4-5-14(3,16)13(10-12)15-6-8-17-9-7-15/h11-13,16H,4-10H2,1-3H3/t12?,13?,14-/m1/s1. The van der Waals surface area contributed by atoms with Gasteiger partial charge in [-0.25, -0.2) is 0 Å². The number of morpholine rings is 1. The lowest BCUT2D eigenvalue weighted by Crippen LogP contribution is -2.57. The molecule has 0 amide bonds. The van der Waals surface area contributed by atoms with Crippen LogP contribution in [0.1, 0.15) is 40.0 Å². The van der Waals surface area contributed by atoms with Gasteiger partial charge in [0.25, 0.3) is 0 Å². The molecule has 1 N–H and O–H groups in total. The Morgan fingerprint density at radius 3 is 2.53 bits per heavy atom. The van der Waals surface area contributed by atoms with Gasteiger partial charge in [-0.1, -0.05) is 13.8 Å². The average molecular weight is 241 g/mol. The predicted molar refractivity (Wildman–Crippen MR) is 69.0 cm³/mol. The highest BCUT2D eigenvalue weighted by Crippen LogP contribution is 2.38. The lowest BCUT2D eigenvalue weighted by atomic mass is 9.71. The molecule has 0 spiro atoms. The van der Waals surface area contributed by atoms with Gasteiger partial charge in [-0.3, -0.25) is 4.90 Å². The summed E-state index contributed by atoms with van der Waals surface area (Å²) in [6, 6.07) is 0.326. The van der Waals surface area contributed by atoms with Gasteiger partial charge in [-0.15, -0.1) is 0 Å². The molecule has 17 heavy (non-hydrogen) atoms. The van der Waals surface area contributed by atoms with Crippen LogP contribution in [0.25, 0.3) is 0 Å². The summed E-state index contributed by atoms with van der Waals surface area (Å²) < 4.78 is 5.41. The molecule has 0 aromatic heterocycles. The monoisotopic (exact) mass is 241 g/mol. The number of rotatable bonds is 2. The Morgan fingerprint density at radius 2 is 1.94 bits per heavy atom. The van der Waals surface area contributed by atoms with E-state index in [4.69, 9.17) is 4.74 Å². The molecule has 100 valence electrons. The van der Waals surface area contributed by atoms with Crippen molar-refractivity contribution in [1.82, 2.24) is 4.90 Å². The summed E-state index contributed by atoms with van der Waals surface area (Å²) in [6.07, 6.45) is 3.26. The van der Waals surface area contributed by atoms with Crippen molar-refractivity contribution in [3.8, 4) is 0 Å². The molecule has 3 heteroatoms. The summed E-state index contributed by atoms with van der Waals surface area (Å²) in [5, 5.41) is 10.6. The minimum Gasteiger partial charge on any atom is -0.389 e. The fourth-order valence-corrected chi connectivity index (χ4v) is 3.34. The van der Waals surface area contributed by atoms with Gasteiger partial charge in [0, 0.05) is 19.1 Å². The Kier molecular flexibility index (Phi) is 4.11. The van der Waals surface area contributed by atoms with E-state index in [1.807, 2.05) is 6.92 Å². The van der Waals surface area contributed by atoms with E-state index < -0.39 is 5.60 Å². The summed E-state index contributed by atoms with van der Waals surface area (Å²) in [6.45, 7) is 10.2. The fourth-order valence-electron chi connectivity index (χ4n) is 3.34. The van der Waals surface area contributed by atoms with Crippen molar-refractivity contribution in [3.05, 3.63) is 0 Å². The zero-order valence-electron chi connectivity index (χ0n) is 11.5. The number of aliphatic hydroxyl groups is 1. The minimum absolute atomic E-state index is 0.326. The van der Waals surface area contributed by atoms with Gasteiger partial charge in [0.2, 0.25) is 0 Å². The van der Waals surface area contributed by atoms with Gasteiger partial charge >= 0.3 is 0 Å². The largest absolute Gasteiger partial charge is 0.389 e. The lowest BCUT2D eigenvalue weighted by Gasteiger charge is -2.48. The average Bonchev–Trinajstić information content (AvgIpc) is 2.29. The third kappa shape index (κ3) is 3.01. The van der Waals surface area contributed by atoms with Gasteiger partial charge in [-0.05, 0) is 38.0 Å². The molecule has 1 aliphatic carbocycles. The first-order chi connectivity index (χ1) is 8.00. The summed E-state index contributed by atoms with van der Waals surface area (Å²) in [5.74, 6) is 1.50. The highest BCUT2D eigenvalue weighted by molar-refractivity contribution is 4.96. The van der Waals surface area contributed by atoms with Crippen LogP contribution < -0.4 is 0 Å². The number of hydrogen-bond acceptors (Lipinski definition) is 3. The first-order valence-electron chi connectivity index (χ1n) is 7.05. The SMILES string of the molecule is CC(C)C1CC[C@@](C)(O)C(N2CCOCC2)C1. The Hall–Kier alpha value is -0.120. The predicted octanol–water partition coefficient (Wildman–Crippen LogP) is 1.89. The lowest BCUT2D eigenvalue weighted by molar-refractivity contribution is -0.100. The van der Waals surface area contributed by atoms with Gasteiger partial charge in [0.15, 0.2) is 0 Å². The first kappa shape index (κ1) is 13.3. The van der Waals surface area contributed by atoms with Gasteiger partial charge in [0.05, 0.1) is 18.8 Å². The molecular formula is C14H27NO2. The normalized spacial score (nSPS) is 40.8. The molecule has 1 saturated heterocycles. The summed E-state index contributed by atoms with van der Waals surface area (Å²) >= 11 is 0. The van der Waals surface area contributed by atoms with Crippen LogP contribution >= 0.6 is 0 Å². The maximum atomic E-state index is 10.6. The van der Waals surface area contributed by atoms with Gasteiger partial charge < -0.3 is 9.84 Å². The molecule has 2 fully saturated rings. The zero-order valence-corrected chi connectivity index (χ0v) is 11.5. The van der Waals surface area contributed by atoms with Crippen LogP contribution in [0.2, 0.25) is 0 Å². The molecular weight excluding hydrogens is 214 g/mol. The molecule has 2 unspecified atom stereocenters. The molecule has 1 heterocycles. The number of nitrogens with zero attached hydrogens (tertiary/aromatic N) is 1. The van der Waals surface area contributed by atoms with Crippen molar-refractivity contribution in [2.75, 3.05) is 26.3 Å². The second-order valence-corrected chi connectivity index (χ2v) is 6.30. The summed E-state index contributed by atoms with van der Waals surface area (Å²) in [5.41, 5.74) is -0.511. The Labute approximate surface area is 105 Å². The molecule has 0 aromatic rings. The van der Waals surface area contributed by atoms with E-state index >= 15 is 0 Å². The van der Waals surface area contributed by atoms with Crippen LogP contribution in [0.15, 0.2) is 0 Å². The van der Waals surface area contributed by atoms with E-state index in [0.717, 1.165) is 51.0 Å². The van der Waals surface area contributed by atoms with E-state index in [9.17, 15) is 5.11 Å².